The number of rotatable bonds is 13. The Balaban J connectivity index is 1.84. The van der Waals surface area contributed by atoms with Crippen LogP contribution in [0.3, 0.4) is 0 Å². The van der Waals surface area contributed by atoms with Gasteiger partial charge in [0.05, 0.1) is 10.6 Å². The van der Waals surface area contributed by atoms with Crippen molar-refractivity contribution in [1.82, 2.24) is 10.2 Å². The number of nitrogens with zero attached hydrogens (tertiary/aromatic N) is 2. The van der Waals surface area contributed by atoms with Gasteiger partial charge in [-0.15, -0.1) is 0 Å². The number of benzene rings is 4. The number of carbonyl (C=O) groups is 2. The van der Waals surface area contributed by atoms with E-state index in [1.807, 2.05) is 57.2 Å². The van der Waals surface area contributed by atoms with Crippen LogP contribution in [-0.4, -0.2) is 43.8 Å². The molecule has 0 unspecified atom stereocenters. The Hall–Kier alpha value is -4.50. The first-order valence-electron chi connectivity index (χ1n) is 15.0. The van der Waals surface area contributed by atoms with Gasteiger partial charge < -0.3 is 10.2 Å². The van der Waals surface area contributed by atoms with Crippen LogP contribution in [0.2, 0.25) is 0 Å². The minimum Gasteiger partial charge on any atom is -0.352 e. The third kappa shape index (κ3) is 8.36. The molecule has 0 saturated carbocycles. The summed E-state index contributed by atoms with van der Waals surface area (Å²) in [7, 11) is -4.22. The van der Waals surface area contributed by atoms with Crippen LogP contribution >= 0.6 is 0 Å². The summed E-state index contributed by atoms with van der Waals surface area (Å²) in [6, 6.07) is 27.4. The Kier molecular flexibility index (Phi) is 11.1. The van der Waals surface area contributed by atoms with E-state index in [4.69, 9.17) is 0 Å². The molecule has 0 bridgehead atoms. The highest BCUT2D eigenvalue weighted by atomic mass is 32.2. The molecular weight excluding hydrogens is 589 g/mol. The Morgan fingerprint density at radius 3 is 2.13 bits per heavy atom. The lowest BCUT2D eigenvalue weighted by atomic mass is 10.0. The Labute approximate surface area is 265 Å². The molecule has 2 amide bonds. The Bertz CT molecular complexity index is 1720. The van der Waals surface area contributed by atoms with E-state index < -0.39 is 40.2 Å². The summed E-state index contributed by atoms with van der Waals surface area (Å²) in [5.41, 5.74) is 2.83. The van der Waals surface area contributed by atoms with Crippen molar-refractivity contribution in [3.63, 3.8) is 0 Å². The predicted molar refractivity (Wildman–Crippen MR) is 176 cm³/mol. The molecule has 0 aliphatic heterocycles. The maximum absolute atomic E-state index is 15.1. The van der Waals surface area contributed by atoms with E-state index >= 15 is 4.39 Å². The molecule has 7 nitrogen and oxygen atoms in total. The minimum atomic E-state index is -4.22. The molecule has 0 saturated heterocycles. The van der Waals surface area contributed by atoms with Crippen LogP contribution in [0.25, 0.3) is 0 Å². The lowest BCUT2D eigenvalue weighted by Crippen LogP contribution is -2.54. The summed E-state index contributed by atoms with van der Waals surface area (Å²) in [5, 5.41) is 2.98. The summed E-state index contributed by atoms with van der Waals surface area (Å²) in [5.74, 6) is -1.57. The molecule has 236 valence electrons. The molecular formula is C36H40FN3O4S. The van der Waals surface area contributed by atoms with Crippen LogP contribution in [0.4, 0.5) is 10.1 Å². The van der Waals surface area contributed by atoms with Crippen LogP contribution in [0, 0.1) is 19.7 Å². The highest BCUT2D eigenvalue weighted by Gasteiger charge is 2.35. The van der Waals surface area contributed by atoms with Gasteiger partial charge in [-0.3, -0.25) is 13.9 Å². The average molecular weight is 630 g/mol. The summed E-state index contributed by atoms with van der Waals surface area (Å²) in [4.78, 5) is 29.7. The summed E-state index contributed by atoms with van der Waals surface area (Å²) in [6.07, 6.45) is 0.818. The van der Waals surface area contributed by atoms with Gasteiger partial charge in [0.15, 0.2) is 0 Å². The normalized spacial score (nSPS) is 12.6. The van der Waals surface area contributed by atoms with Crippen molar-refractivity contribution in [1.29, 1.82) is 0 Å². The zero-order valence-corrected chi connectivity index (χ0v) is 26.9. The number of nitrogens with one attached hydrogen (secondary N) is 1. The van der Waals surface area contributed by atoms with Crippen molar-refractivity contribution < 1.29 is 22.4 Å². The van der Waals surface area contributed by atoms with Crippen LogP contribution in [0.1, 0.15) is 42.5 Å². The maximum Gasteiger partial charge on any atom is 0.264 e. The lowest BCUT2D eigenvalue weighted by Gasteiger charge is -2.34. The first-order valence-corrected chi connectivity index (χ1v) is 16.5. The van der Waals surface area contributed by atoms with Gasteiger partial charge in [-0.05, 0) is 68.1 Å². The van der Waals surface area contributed by atoms with Crippen molar-refractivity contribution in [3.05, 3.63) is 131 Å². The number of aryl methyl sites for hydroxylation is 2. The average Bonchev–Trinajstić information content (AvgIpc) is 3.04. The van der Waals surface area contributed by atoms with Gasteiger partial charge in [0.25, 0.3) is 10.0 Å². The highest BCUT2D eigenvalue weighted by Crippen LogP contribution is 2.29. The molecule has 45 heavy (non-hydrogen) atoms. The second-order valence-corrected chi connectivity index (χ2v) is 13.1. The third-order valence-electron chi connectivity index (χ3n) is 7.81. The van der Waals surface area contributed by atoms with Gasteiger partial charge in [-0.25, -0.2) is 12.8 Å². The van der Waals surface area contributed by atoms with Gasteiger partial charge in [-0.2, -0.15) is 0 Å². The molecule has 4 aromatic rings. The van der Waals surface area contributed by atoms with Gasteiger partial charge in [0, 0.05) is 24.6 Å². The SMILES string of the molecule is CC[C@@H](C)NC(=O)[C@H](Cc1ccccc1)N(Cc1ccccc1F)C(=O)CN(c1cc(C)ccc1C)S(=O)(=O)c1ccccc1. The molecule has 0 fully saturated rings. The van der Waals surface area contributed by atoms with Crippen molar-refractivity contribution in [2.75, 3.05) is 10.8 Å². The van der Waals surface area contributed by atoms with Crippen LogP contribution in [0.15, 0.2) is 108 Å². The Morgan fingerprint density at radius 1 is 0.867 bits per heavy atom. The van der Waals surface area contributed by atoms with E-state index in [1.54, 1.807) is 55.5 Å². The second-order valence-electron chi connectivity index (χ2n) is 11.3. The molecule has 0 aliphatic rings. The quantitative estimate of drug-likeness (QED) is 0.191. The zero-order valence-electron chi connectivity index (χ0n) is 26.1. The lowest BCUT2D eigenvalue weighted by molar-refractivity contribution is -0.140. The fraction of sp³-hybridized carbons (Fsp3) is 0.278. The number of hydrogen-bond acceptors (Lipinski definition) is 4. The van der Waals surface area contributed by atoms with Gasteiger partial charge in [-0.1, -0.05) is 85.8 Å². The van der Waals surface area contributed by atoms with Gasteiger partial charge >= 0.3 is 0 Å². The fourth-order valence-electron chi connectivity index (χ4n) is 5.03. The summed E-state index contributed by atoms with van der Waals surface area (Å²) < 4.78 is 44.5. The minimum absolute atomic E-state index is 0.0229. The predicted octanol–water partition coefficient (Wildman–Crippen LogP) is 6.19. The summed E-state index contributed by atoms with van der Waals surface area (Å²) >= 11 is 0. The standard InChI is InChI=1S/C36H40FN3O4S/c1-5-28(4)38-36(42)34(23-29-14-8-6-9-15-29)39(24-30-16-12-13-19-32(30)37)35(41)25-40(33-22-26(2)20-21-27(33)3)45(43,44)31-17-10-7-11-18-31/h6-22,28,34H,5,23-25H2,1-4H3,(H,38,42)/t28-,34+/m1/s1. The number of amides is 2. The fourth-order valence-corrected chi connectivity index (χ4v) is 6.52. The number of anilines is 1. The van der Waals surface area contributed by atoms with Crippen molar-refractivity contribution in [2.45, 2.75) is 64.1 Å². The molecule has 9 heteroatoms. The Morgan fingerprint density at radius 2 is 1.49 bits per heavy atom. The monoisotopic (exact) mass is 629 g/mol. The third-order valence-corrected chi connectivity index (χ3v) is 9.59. The topological polar surface area (TPSA) is 86.8 Å². The van der Waals surface area contributed by atoms with E-state index in [2.05, 4.69) is 5.32 Å². The zero-order chi connectivity index (χ0) is 32.6. The largest absolute Gasteiger partial charge is 0.352 e. The van der Waals surface area contributed by atoms with Crippen LogP contribution < -0.4 is 9.62 Å². The molecule has 1 N–H and O–H groups in total. The molecule has 0 spiro atoms. The molecule has 4 aromatic carbocycles. The smallest absolute Gasteiger partial charge is 0.264 e. The van der Waals surface area contributed by atoms with Gasteiger partial charge in [0.2, 0.25) is 11.8 Å². The van der Waals surface area contributed by atoms with E-state index in [1.165, 1.54) is 23.1 Å². The molecule has 0 aromatic heterocycles. The van der Waals surface area contributed by atoms with Crippen LogP contribution in [0.5, 0.6) is 0 Å². The van der Waals surface area contributed by atoms with Crippen molar-refractivity contribution in [3.8, 4) is 0 Å². The number of sulfonamides is 1. The molecule has 0 aliphatic carbocycles. The first-order chi connectivity index (χ1) is 21.5. The van der Waals surface area contributed by atoms with Gasteiger partial charge in [0.1, 0.15) is 18.4 Å². The highest BCUT2D eigenvalue weighted by molar-refractivity contribution is 7.92. The number of carbonyl (C=O) groups excluding carboxylic acids is 2. The van der Waals surface area contributed by atoms with Crippen molar-refractivity contribution >= 4 is 27.5 Å². The summed E-state index contributed by atoms with van der Waals surface area (Å²) in [6.45, 7) is 6.60. The van der Waals surface area contributed by atoms with E-state index in [0.717, 1.165) is 15.4 Å². The van der Waals surface area contributed by atoms with Crippen LogP contribution in [-0.2, 0) is 32.6 Å². The van der Waals surface area contributed by atoms with E-state index in [0.29, 0.717) is 17.7 Å². The van der Waals surface area contributed by atoms with Crippen molar-refractivity contribution in [2.24, 2.45) is 0 Å². The molecule has 2 atom stereocenters. The first kappa shape index (κ1) is 33.4. The number of halogens is 1. The molecule has 0 radical (unpaired) electrons. The second kappa shape index (κ2) is 15.0. The van der Waals surface area contributed by atoms with E-state index in [-0.39, 0.29) is 29.5 Å². The number of hydrogen-bond donors (Lipinski definition) is 1. The van der Waals surface area contributed by atoms with E-state index in [9.17, 15) is 18.0 Å². The maximum atomic E-state index is 15.1. The molecule has 4 rings (SSSR count). The molecule has 0 heterocycles.